The topological polar surface area (TPSA) is 53.5 Å². The highest BCUT2D eigenvalue weighted by Gasteiger charge is 2.38. The van der Waals surface area contributed by atoms with Gasteiger partial charge in [-0.25, -0.2) is 0 Å². The molecule has 0 unspecified atom stereocenters. The maximum Gasteiger partial charge on any atom is 0.232 e. The molecule has 5 heteroatoms. The van der Waals surface area contributed by atoms with Crippen LogP contribution in [-0.2, 0) is 16.0 Å². The average Bonchev–Trinajstić information content (AvgIpc) is 3.03. The summed E-state index contributed by atoms with van der Waals surface area (Å²) >= 11 is 0. The molecule has 1 aromatic carbocycles. The summed E-state index contributed by atoms with van der Waals surface area (Å²) in [5, 5.41) is 0. The third-order valence-corrected chi connectivity index (χ3v) is 4.76. The normalized spacial score (nSPS) is 20.2. The highest BCUT2D eigenvalue weighted by Crippen LogP contribution is 2.30. The van der Waals surface area contributed by atoms with Gasteiger partial charge in [0.25, 0.3) is 0 Å². The molecular weight excluding hydrogens is 302 g/mol. The van der Waals surface area contributed by atoms with Gasteiger partial charge in [0, 0.05) is 31.4 Å². The van der Waals surface area contributed by atoms with Gasteiger partial charge in [0.2, 0.25) is 11.8 Å². The van der Waals surface area contributed by atoms with E-state index in [-0.39, 0.29) is 24.2 Å². The molecule has 1 aromatic heterocycles. The molecule has 2 amide bonds. The van der Waals surface area contributed by atoms with Gasteiger partial charge in [0.1, 0.15) is 0 Å². The number of aromatic nitrogens is 1. The number of aryl methyl sites for hydroxylation is 1. The van der Waals surface area contributed by atoms with E-state index in [1.165, 1.54) is 0 Å². The second-order valence-corrected chi connectivity index (χ2v) is 6.30. The Balaban J connectivity index is 1.55. The number of para-hydroxylation sites is 1. The van der Waals surface area contributed by atoms with Gasteiger partial charge in [-0.3, -0.25) is 14.6 Å². The van der Waals surface area contributed by atoms with Gasteiger partial charge in [-0.2, -0.15) is 0 Å². The third-order valence-electron chi connectivity index (χ3n) is 4.76. The minimum atomic E-state index is -0.288. The van der Waals surface area contributed by atoms with Crippen molar-refractivity contribution in [1.29, 1.82) is 0 Å². The first kappa shape index (κ1) is 14.9. The molecule has 0 N–H and O–H groups in total. The van der Waals surface area contributed by atoms with Crippen LogP contribution in [0.1, 0.15) is 18.5 Å². The van der Waals surface area contributed by atoms with Crippen molar-refractivity contribution in [2.75, 3.05) is 22.9 Å². The first-order chi connectivity index (χ1) is 11.7. The zero-order valence-corrected chi connectivity index (χ0v) is 13.4. The largest absolute Gasteiger partial charge is 0.312 e. The maximum absolute atomic E-state index is 13.0. The summed E-state index contributed by atoms with van der Waals surface area (Å²) < 4.78 is 0. The molecule has 2 aromatic rings. The van der Waals surface area contributed by atoms with Crippen LogP contribution in [0, 0.1) is 5.92 Å². The lowest BCUT2D eigenvalue weighted by Gasteiger charge is -2.30. The molecule has 2 aliphatic heterocycles. The van der Waals surface area contributed by atoms with Crippen molar-refractivity contribution >= 4 is 23.2 Å². The summed E-state index contributed by atoms with van der Waals surface area (Å²) in [5.74, 6) is -0.234. The van der Waals surface area contributed by atoms with E-state index in [0.717, 1.165) is 29.9 Å². The fraction of sp³-hybridized carbons (Fsp3) is 0.316. The Morgan fingerprint density at radius 1 is 1.12 bits per heavy atom. The van der Waals surface area contributed by atoms with E-state index in [4.69, 9.17) is 0 Å². The van der Waals surface area contributed by atoms with Gasteiger partial charge < -0.3 is 9.80 Å². The minimum Gasteiger partial charge on any atom is -0.312 e. The Morgan fingerprint density at radius 2 is 1.96 bits per heavy atom. The van der Waals surface area contributed by atoms with E-state index < -0.39 is 0 Å². The number of pyridine rings is 1. The SMILES string of the molecule is O=C1C[C@H](C(=O)N2CCCc3ncccc32)CN1c1ccccc1. The van der Waals surface area contributed by atoms with Gasteiger partial charge in [-0.1, -0.05) is 18.2 Å². The summed E-state index contributed by atoms with van der Waals surface area (Å²) in [5.41, 5.74) is 2.74. The summed E-state index contributed by atoms with van der Waals surface area (Å²) in [6.07, 6.45) is 3.86. The first-order valence-corrected chi connectivity index (χ1v) is 8.35. The highest BCUT2D eigenvalue weighted by molar-refractivity contribution is 6.04. The Morgan fingerprint density at radius 3 is 2.79 bits per heavy atom. The van der Waals surface area contributed by atoms with Crippen molar-refractivity contribution in [3.8, 4) is 0 Å². The fourth-order valence-corrected chi connectivity index (χ4v) is 3.57. The molecule has 0 radical (unpaired) electrons. The lowest BCUT2D eigenvalue weighted by atomic mass is 10.0. The van der Waals surface area contributed by atoms with E-state index in [1.54, 1.807) is 11.1 Å². The Kier molecular flexibility index (Phi) is 3.76. The van der Waals surface area contributed by atoms with Crippen LogP contribution >= 0.6 is 0 Å². The van der Waals surface area contributed by atoms with Crippen LogP contribution in [-0.4, -0.2) is 29.9 Å². The van der Waals surface area contributed by atoms with Crippen molar-refractivity contribution in [3.05, 3.63) is 54.4 Å². The van der Waals surface area contributed by atoms with Crippen LogP contribution in [0.5, 0.6) is 0 Å². The molecule has 1 fully saturated rings. The van der Waals surface area contributed by atoms with Crippen LogP contribution in [0.4, 0.5) is 11.4 Å². The molecule has 24 heavy (non-hydrogen) atoms. The number of carbonyl (C=O) groups is 2. The number of hydrogen-bond donors (Lipinski definition) is 0. The Labute approximate surface area is 140 Å². The predicted molar refractivity (Wildman–Crippen MR) is 91.8 cm³/mol. The molecule has 1 saturated heterocycles. The molecule has 4 rings (SSSR count). The quantitative estimate of drug-likeness (QED) is 0.853. The van der Waals surface area contributed by atoms with Crippen LogP contribution in [0.15, 0.2) is 48.7 Å². The number of fused-ring (bicyclic) bond motifs is 1. The summed E-state index contributed by atoms with van der Waals surface area (Å²) in [4.78, 5) is 33.3. The third kappa shape index (κ3) is 2.56. The molecule has 0 aliphatic carbocycles. The van der Waals surface area contributed by atoms with E-state index in [0.29, 0.717) is 13.1 Å². The number of carbonyl (C=O) groups excluding carboxylic acids is 2. The molecule has 3 heterocycles. The molecule has 122 valence electrons. The molecule has 5 nitrogen and oxygen atoms in total. The summed E-state index contributed by atoms with van der Waals surface area (Å²) in [6, 6.07) is 13.4. The fourth-order valence-electron chi connectivity index (χ4n) is 3.57. The molecule has 0 saturated carbocycles. The van der Waals surface area contributed by atoms with Crippen LogP contribution in [0.25, 0.3) is 0 Å². The number of anilines is 2. The van der Waals surface area contributed by atoms with Crippen LogP contribution in [0.3, 0.4) is 0 Å². The van der Waals surface area contributed by atoms with E-state index in [9.17, 15) is 9.59 Å². The lowest BCUT2D eigenvalue weighted by Crippen LogP contribution is -2.40. The first-order valence-electron chi connectivity index (χ1n) is 8.35. The minimum absolute atomic E-state index is 0.0166. The zero-order valence-electron chi connectivity index (χ0n) is 13.4. The summed E-state index contributed by atoms with van der Waals surface area (Å²) in [7, 11) is 0. The second kappa shape index (κ2) is 6.07. The molecule has 0 bridgehead atoms. The average molecular weight is 321 g/mol. The standard InChI is InChI=1S/C19H19N3O2/c23-18-12-14(13-22(18)15-6-2-1-3-7-15)19(24)21-11-5-8-16-17(21)9-4-10-20-16/h1-4,6-7,9-10,14H,5,8,11-13H2/t14-/m0/s1. The van der Waals surface area contributed by atoms with Gasteiger partial charge in [0.05, 0.1) is 17.3 Å². The number of amides is 2. The molecule has 0 spiro atoms. The zero-order chi connectivity index (χ0) is 16.5. The van der Waals surface area contributed by atoms with Crippen molar-refractivity contribution in [2.24, 2.45) is 5.92 Å². The van der Waals surface area contributed by atoms with Crippen molar-refractivity contribution in [1.82, 2.24) is 4.98 Å². The molecule has 1 atom stereocenters. The summed E-state index contributed by atoms with van der Waals surface area (Å²) in [6.45, 7) is 1.15. The van der Waals surface area contributed by atoms with Crippen molar-refractivity contribution in [3.63, 3.8) is 0 Å². The lowest BCUT2D eigenvalue weighted by molar-refractivity contribution is -0.124. The van der Waals surface area contributed by atoms with Crippen LogP contribution in [0.2, 0.25) is 0 Å². The van der Waals surface area contributed by atoms with Gasteiger partial charge in [0.15, 0.2) is 0 Å². The van der Waals surface area contributed by atoms with Crippen LogP contribution < -0.4 is 9.80 Å². The Hall–Kier alpha value is -2.69. The smallest absolute Gasteiger partial charge is 0.232 e. The Bertz CT molecular complexity index is 775. The highest BCUT2D eigenvalue weighted by atomic mass is 16.2. The van der Waals surface area contributed by atoms with Crippen molar-refractivity contribution in [2.45, 2.75) is 19.3 Å². The number of nitrogens with zero attached hydrogens (tertiary/aromatic N) is 3. The maximum atomic E-state index is 13.0. The monoisotopic (exact) mass is 321 g/mol. The van der Waals surface area contributed by atoms with E-state index in [1.807, 2.05) is 47.4 Å². The van der Waals surface area contributed by atoms with Gasteiger partial charge >= 0.3 is 0 Å². The number of benzene rings is 1. The predicted octanol–water partition coefficient (Wildman–Crippen LogP) is 2.41. The molecule has 2 aliphatic rings. The van der Waals surface area contributed by atoms with Crippen molar-refractivity contribution < 1.29 is 9.59 Å². The van der Waals surface area contributed by atoms with E-state index in [2.05, 4.69) is 4.98 Å². The second-order valence-electron chi connectivity index (χ2n) is 6.30. The number of rotatable bonds is 2. The van der Waals surface area contributed by atoms with Gasteiger partial charge in [-0.05, 0) is 37.1 Å². The molecular formula is C19H19N3O2. The van der Waals surface area contributed by atoms with Gasteiger partial charge in [-0.15, -0.1) is 0 Å². The number of hydrogen-bond acceptors (Lipinski definition) is 3. The van der Waals surface area contributed by atoms with E-state index >= 15 is 0 Å².